The van der Waals surface area contributed by atoms with E-state index in [-0.39, 0.29) is 5.15 Å². The largest absolute Gasteiger partial charge is 0.497 e. The second-order valence-corrected chi connectivity index (χ2v) is 4.02. The highest BCUT2D eigenvalue weighted by Gasteiger charge is 2.12. The predicted molar refractivity (Wildman–Crippen MR) is 72.5 cm³/mol. The van der Waals surface area contributed by atoms with Gasteiger partial charge in [-0.05, 0) is 12.1 Å². The summed E-state index contributed by atoms with van der Waals surface area (Å²) in [5, 5.41) is 0.245. The lowest BCUT2D eigenvalue weighted by Gasteiger charge is -2.20. The number of nitrogens with zero attached hydrogens (tertiary/aromatic N) is 3. The molecular weight excluding hydrogens is 252 g/mol. The van der Waals surface area contributed by atoms with Crippen molar-refractivity contribution in [2.24, 2.45) is 0 Å². The van der Waals surface area contributed by atoms with Gasteiger partial charge in [-0.3, -0.25) is 0 Å². The second kappa shape index (κ2) is 5.10. The first-order valence-corrected chi connectivity index (χ1v) is 5.65. The Bertz CT molecular complexity index is 562. The topological polar surface area (TPSA) is 64.3 Å². The van der Waals surface area contributed by atoms with E-state index in [0.717, 1.165) is 11.4 Å². The van der Waals surface area contributed by atoms with E-state index in [9.17, 15) is 0 Å². The fourth-order valence-electron chi connectivity index (χ4n) is 1.57. The Hall–Kier alpha value is -2.01. The summed E-state index contributed by atoms with van der Waals surface area (Å²) < 4.78 is 5.18. The summed E-state index contributed by atoms with van der Waals surface area (Å²) in [6, 6.07) is 7.57. The molecule has 2 N–H and O–H groups in total. The lowest BCUT2D eigenvalue weighted by Crippen LogP contribution is -2.14. The first-order valence-electron chi connectivity index (χ1n) is 5.27. The first kappa shape index (κ1) is 12.4. The van der Waals surface area contributed by atoms with Crippen LogP contribution in [0.1, 0.15) is 0 Å². The van der Waals surface area contributed by atoms with Crippen molar-refractivity contribution < 1.29 is 4.74 Å². The normalized spacial score (nSPS) is 10.2. The average Bonchev–Trinajstić information content (AvgIpc) is 2.41. The molecule has 0 saturated carbocycles. The van der Waals surface area contributed by atoms with Gasteiger partial charge < -0.3 is 15.4 Å². The molecule has 0 aliphatic rings. The second-order valence-electron chi connectivity index (χ2n) is 3.66. The molecule has 0 aliphatic carbocycles. The fraction of sp³-hybridized carbons (Fsp3) is 0.167. The lowest BCUT2D eigenvalue weighted by molar-refractivity contribution is 0.415. The average molecular weight is 265 g/mol. The molecule has 0 unspecified atom stereocenters. The third-order valence-corrected chi connectivity index (χ3v) is 2.87. The van der Waals surface area contributed by atoms with Crippen LogP contribution in [0.3, 0.4) is 0 Å². The SMILES string of the molecule is COc1cccc(N(C)c2ncnc(Cl)c2N)c1. The van der Waals surface area contributed by atoms with Crippen molar-refractivity contribution in [1.82, 2.24) is 9.97 Å². The number of hydrogen-bond donors (Lipinski definition) is 1. The monoisotopic (exact) mass is 264 g/mol. The van der Waals surface area contributed by atoms with E-state index in [2.05, 4.69) is 9.97 Å². The van der Waals surface area contributed by atoms with E-state index in [4.69, 9.17) is 22.1 Å². The lowest BCUT2D eigenvalue weighted by atomic mass is 10.2. The minimum atomic E-state index is 0.245. The van der Waals surface area contributed by atoms with Gasteiger partial charge in [-0.2, -0.15) is 0 Å². The van der Waals surface area contributed by atoms with Gasteiger partial charge in [0.15, 0.2) is 11.0 Å². The number of halogens is 1. The zero-order chi connectivity index (χ0) is 13.1. The maximum atomic E-state index is 5.88. The van der Waals surface area contributed by atoms with Crippen LogP contribution in [0.15, 0.2) is 30.6 Å². The Labute approximate surface area is 110 Å². The van der Waals surface area contributed by atoms with Gasteiger partial charge in [-0.15, -0.1) is 0 Å². The summed E-state index contributed by atoms with van der Waals surface area (Å²) in [4.78, 5) is 9.79. The zero-order valence-corrected chi connectivity index (χ0v) is 10.8. The van der Waals surface area contributed by atoms with Gasteiger partial charge in [0.25, 0.3) is 0 Å². The summed E-state index contributed by atoms with van der Waals surface area (Å²) in [6.45, 7) is 0. The molecule has 0 radical (unpaired) electrons. The molecule has 0 aliphatic heterocycles. The van der Waals surface area contributed by atoms with Gasteiger partial charge >= 0.3 is 0 Å². The molecule has 1 heterocycles. The van der Waals surface area contributed by atoms with E-state index >= 15 is 0 Å². The number of rotatable bonds is 3. The van der Waals surface area contributed by atoms with Crippen LogP contribution in [0.4, 0.5) is 17.2 Å². The summed E-state index contributed by atoms with van der Waals surface area (Å²) in [5.41, 5.74) is 7.11. The quantitative estimate of drug-likeness (QED) is 0.863. The highest BCUT2D eigenvalue weighted by atomic mass is 35.5. The van der Waals surface area contributed by atoms with Gasteiger partial charge in [-0.25, -0.2) is 9.97 Å². The highest BCUT2D eigenvalue weighted by Crippen LogP contribution is 2.31. The predicted octanol–water partition coefficient (Wildman–Crippen LogP) is 2.49. The summed E-state index contributed by atoms with van der Waals surface area (Å²) in [5.74, 6) is 1.32. The molecule has 0 fully saturated rings. The van der Waals surface area contributed by atoms with Crippen LogP contribution in [0.5, 0.6) is 5.75 Å². The van der Waals surface area contributed by atoms with Crippen LogP contribution < -0.4 is 15.4 Å². The number of ether oxygens (including phenoxy) is 1. The number of anilines is 3. The summed E-state index contributed by atoms with van der Waals surface area (Å²) >= 11 is 5.88. The molecule has 6 heteroatoms. The van der Waals surface area contributed by atoms with Crippen molar-refractivity contribution in [3.8, 4) is 5.75 Å². The maximum absolute atomic E-state index is 5.88. The molecule has 1 aromatic heterocycles. The first-order chi connectivity index (χ1) is 8.63. The van der Waals surface area contributed by atoms with Gasteiger partial charge in [0.1, 0.15) is 17.8 Å². The van der Waals surface area contributed by atoms with Gasteiger partial charge in [0.2, 0.25) is 0 Å². The van der Waals surface area contributed by atoms with E-state index in [1.165, 1.54) is 6.33 Å². The highest BCUT2D eigenvalue weighted by molar-refractivity contribution is 6.32. The maximum Gasteiger partial charge on any atom is 0.161 e. The van der Waals surface area contributed by atoms with E-state index in [1.54, 1.807) is 7.11 Å². The molecule has 2 aromatic rings. The summed E-state index contributed by atoms with van der Waals surface area (Å²) in [6.07, 6.45) is 1.38. The minimum absolute atomic E-state index is 0.245. The van der Waals surface area contributed by atoms with Crippen molar-refractivity contribution in [3.63, 3.8) is 0 Å². The number of nitrogens with two attached hydrogens (primary N) is 1. The molecule has 1 aromatic carbocycles. The molecule has 0 spiro atoms. The standard InChI is InChI=1S/C12H13ClN4O/c1-17(8-4-3-5-9(6-8)18-2)12-10(14)11(13)15-7-16-12/h3-7H,14H2,1-2H3. The number of nitrogen functional groups attached to an aromatic ring is 1. The fourth-order valence-corrected chi connectivity index (χ4v) is 1.70. The summed E-state index contributed by atoms with van der Waals surface area (Å²) in [7, 11) is 3.47. The molecule has 18 heavy (non-hydrogen) atoms. The van der Waals surface area contributed by atoms with Crippen LogP contribution in [0, 0.1) is 0 Å². The van der Waals surface area contributed by atoms with E-state index < -0.39 is 0 Å². The molecule has 2 rings (SSSR count). The van der Waals surface area contributed by atoms with Crippen molar-refractivity contribution >= 4 is 28.8 Å². The number of benzene rings is 1. The van der Waals surface area contributed by atoms with Crippen LogP contribution in [-0.2, 0) is 0 Å². The Morgan fingerprint density at radius 2 is 2.11 bits per heavy atom. The molecule has 5 nitrogen and oxygen atoms in total. The van der Waals surface area contributed by atoms with Crippen molar-refractivity contribution in [2.45, 2.75) is 0 Å². The van der Waals surface area contributed by atoms with Gasteiger partial charge in [0.05, 0.1) is 7.11 Å². The zero-order valence-electron chi connectivity index (χ0n) is 10.1. The molecule has 0 saturated heterocycles. The van der Waals surface area contributed by atoms with E-state index in [0.29, 0.717) is 11.5 Å². The Kier molecular flexibility index (Phi) is 3.53. The van der Waals surface area contributed by atoms with Crippen LogP contribution in [0.25, 0.3) is 0 Å². The Morgan fingerprint density at radius 3 is 2.83 bits per heavy atom. The van der Waals surface area contributed by atoms with Crippen molar-refractivity contribution in [1.29, 1.82) is 0 Å². The van der Waals surface area contributed by atoms with Crippen LogP contribution >= 0.6 is 11.6 Å². The minimum Gasteiger partial charge on any atom is -0.497 e. The molecule has 0 bridgehead atoms. The number of hydrogen-bond acceptors (Lipinski definition) is 5. The molecule has 0 atom stereocenters. The third kappa shape index (κ3) is 2.31. The molecular formula is C12H13ClN4O. The van der Waals surface area contributed by atoms with Crippen LogP contribution in [-0.4, -0.2) is 24.1 Å². The van der Waals surface area contributed by atoms with E-state index in [1.807, 2.05) is 36.2 Å². The Morgan fingerprint density at radius 1 is 1.33 bits per heavy atom. The molecule has 0 amide bonds. The van der Waals surface area contributed by atoms with Crippen molar-refractivity contribution in [3.05, 3.63) is 35.7 Å². The molecule has 94 valence electrons. The third-order valence-electron chi connectivity index (χ3n) is 2.57. The Balaban J connectivity index is 2.41. The number of methoxy groups -OCH3 is 1. The number of aromatic nitrogens is 2. The van der Waals surface area contributed by atoms with Crippen molar-refractivity contribution in [2.75, 3.05) is 24.8 Å². The van der Waals surface area contributed by atoms with Gasteiger partial charge in [-0.1, -0.05) is 17.7 Å². The smallest absolute Gasteiger partial charge is 0.161 e. The van der Waals surface area contributed by atoms with Gasteiger partial charge in [0, 0.05) is 18.8 Å². The van der Waals surface area contributed by atoms with Crippen LogP contribution in [0.2, 0.25) is 5.15 Å².